The van der Waals surface area contributed by atoms with Gasteiger partial charge in [-0.15, -0.1) is 0 Å². The van der Waals surface area contributed by atoms with Crippen molar-refractivity contribution in [1.82, 2.24) is 0 Å². The molecule has 1 unspecified atom stereocenters. The molecule has 0 saturated carbocycles. The molecule has 0 spiro atoms. The van der Waals surface area contributed by atoms with Crippen LogP contribution in [0.2, 0.25) is 0 Å². The van der Waals surface area contributed by atoms with E-state index in [4.69, 9.17) is 9.52 Å². The van der Waals surface area contributed by atoms with E-state index < -0.39 is 9.73 Å². The van der Waals surface area contributed by atoms with Crippen LogP contribution in [0.1, 0.15) is 0 Å². The van der Waals surface area contributed by atoms with Gasteiger partial charge >= 0.3 is 0 Å². The summed E-state index contributed by atoms with van der Waals surface area (Å²) in [5.74, 6) is 0.483. The van der Waals surface area contributed by atoms with E-state index in [0.29, 0.717) is 15.5 Å². The zero-order valence-electron chi connectivity index (χ0n) is 9.42. The molecule has 3 nitrogen and oxygen atoms in total. The third-order valence-corrected chi connectivity index (χ3v) is 4.35. The van der Waals surface area contributed by atoms with Gasteiger partial charge < -0.3 is 4.74 Å². The number of hydrogen-bond acceptors (Lipinski definition) is 3. The number of methoxy groups -OCH3 is 1. The lowest BCUT2D eigenvalue weighted by atomic mass is 10.3. The Morgan fingerprint density at radius 3 is 2.24 bits per heavy atom. The summed E-state index contributed by atoms with van der Waals surface area (Å²) in [5.41, 5.74) is 0. The van der Waals surface area contributed by atoms with Crippen LogP contribution in [0.15, 0.2) is 64.4 Å². The standard InChI is InChI=1S/C13H13NO2S/c1-16-12-9-5-6-10-13(12)17(14,15)11-7-3-2-4-8-11/h2-10,14H,1H3. The first kappa shape index (κ1) is 11.7. The van der Waals surface area contributed by atoms with Crippen LogP contribution in [0, 0.1) is 4.78 Å². The molecular formula is C13H13NO2S. The quantitative estimate of drug-likeness (QED) is 0.905. The molecule has 0 fully saturated rings. The third kappa shape index (κ3) is 2.17. The molecule has 0 bridgehead atoms. The van der Waals surface area contributed by atoms with Crippen LogP contribution in [0.25, 0.3) is 0 Å². The molecule has 4 heteroatoms. The first-order valence-electron chi connectivity index (χ1n) is 5.13. The van der Waals surface area contributed by atoms with Crippen LogP contribution < -0.4 is 4.74 Å². The molecule has 2 rings (SSSR count). The Balaban J connectivity index is 2.61. The second-order valence-corrected chi connectivity index (χ2v) is 5.54. The van der Waals surface area contributed by atoms with Gasteiger partial charge in [0.15, 0.2) is 0 Å². The van der Waals surface area contributed by atoms with Crippen molar-refractivity contribution in [2.24, 2.45) is 0 Å². The Kier molecular flexibility index (Phi) is 3.15. The Bertz CT molecular complexity index is 606. The van der Waals surface area contributed by atoms with Gasteiger partial charge in [0.05, 0.1) is 16.9 Å². The molecule has 17 heavy (non-hydrogen) atoms. The van der Waals surface area contributed by atoms with Crippen molar-refractivity contribution < 1.29 is 8.95 Å². The molecule has 0 radical (unpaired) electrons. The summed E-state index contributed by atoms with van der Waals surface area (Å²) in [4.78, 5) is 0.901. The fourth-order valence-corrected chi connectivity index (χ4v) is 3.09. The Hall–Kier alpha value is -1.81. The SMILES string of the molecule is COc1ccccc1S(=N)(=O)c1ccccc1. The van der Waals surface area contributed by atoms with E-state index in [1.165, 1.54) is 7.11 Å². The molecule has 0 heterocycles. The van der Waals surface area contributed by atoms with Crippen molar-refractivity contribution in [2.75, 3.05) is 7.11 Å². The van der Waals surface area contributed by atoms with Gasteiger partial charge in [0.1, 0.15) is 15.5 Å². The summed E-state index contributed by atoms with van der Waals surface area (Å²) in [6.07, 6.45) is 0. The van der Waals surface area contributed by atoms with Crippen molar-refractivity contribution >= 4 is 9.73 Å². The monoisotopic (exact) mass is 247 g/mol. The molecule has 0 aromatic heterocycles. The van der Waals surface area contributed by atoms with E-state index in [2.05, 4.69) is 0 Å². The van der Waals surface area contributed by atoms with E-state index in [1.807, 2.05) is 6.07 Å². The van der Waals surface area contributed by atoms with Crippen LogP contribution in [-0.2, 0) is 9.73 Å². The molecule has 88 valence electrons. The van der Waals surface area contributed by atoms with Gasteiger partial charge in [0.25, 0.3) is 0 Å². The summed E-state index contributed by atoms with van der Waals surface area (Å²) < 4.78 is 25.8. The molecule has 1 N–H and O–H groups in total. The maximum Gasteiger partial charge on any atom is 0.136 e. The molecule has 2 aromatic carbocycles. The van der Waals surface area contributed by atoms with E-state index in [-0.39, 0.29) is 0 Å². The second-order valence-electron chi connectivity index (χ2n) is 3.52. The first-order chi connectivity index (χ1) is 8.16. The van der Waals surface area contributed by atoms with Crippen molar-refractivity contribution in [3.63, 3.8) is 0 Å². The minimum Gasteiger partial charge on any atom is -0.495 e. The van der Waals surface area contributed by atoms with Crippen LogP contribution in [0.4, 0.5) is 0 Å². The summed E-state index contributed by atoms with van der Waals surface area (Å²) in [6.45, 7) is 0. The van der Waals surface area contributed by atoms with Crippen molar-refractivity contribution in [3.8, 4) is 5.75 Å². The Morgan fingerprint density at radius 2 is 1.59 bits per heavy atom. The van der Waals surface area contributed by atoms with Gasteiger partial charge in [0.2, 0.25) is 0 Å². The fraction of sp³-hybridized carbons (Fsp3) is 0.0769. The number of nitrogens with one attached hydrogen (secondary N) is 1. The van der Waals surface area contributed by atoms with Gasteiger partial charge in [0, 0.05) is 0 Å². The lowest BCUT2D eigenvalue weighted by molar-refractivity contribution is 0.404. The average Bonchev–Trinajstić information content (AvgIpc) is 2.39. The fourth-order valence-electron chi connectivity index (χ4n) is 1.60. The predicted molar refractivity (Wildman–Crippen MR) is 66.8 cm³/mol. The largest absolute Gasteiger partial charge is 0.495 e. The first-order valence-corrected chi connectivity index (χ1v) is 6.69. The number of rotatable bonds is 3. The number of benzene rings is 2. The lowest BCUT2D eigenvalue weighted by Crippen LogP contribution is -2.02. The number of para-hydroxylation sites is 1. The zero-order valence-corrected chi connectivity index (χ0v) is 10.2. The molecule has 0 aliphatic heterocycles. The summed E-state index contributed by atoms with van der Waals surface area (Å²) in [6, 6.07) is 15.7. The van der Waals surface area contributed by atoms with Crippen LogP contribution in [0.5, 0.6) is 5.75 Å². The average molecular weight is 247 g/mol. The minimum absolute atomic E-state index is 0.411. The van der Waals surface area contributed by atoms with E-state index in [0.717, 1.165) is 0 Å². The molecule has 1 atom stereocenters. The highest BCUT2D eigenvalue weighted by Crippen LogP contribution is 2.29. The second kappa shape index (κ2) is 4.59. The van der Waals surface area contributed by atoms with Crippen LogP contribution in [0.3, 0.4) is 0 Å². The van der Waals surface area contributed by atoms with E-state index in [1.54, 1.807) is 48.5 Å². The van der Waals surface area contributed by atoms with E-state index >= 15 is 0 Å². The highest BCUT2D eigenvalue weighted by atomic mass is 32.2. The summed E-state index contributed by atoms with van der Waals surface area (Å²) in [7, 11) is -1.49. The molecule has 2 aromatic rings. The molecule has 0 saturated heterocycles. The molecule has 0 aliphatic carbocycles. The normalized spacial score (nSPS) is 13.9. The number of ether oxygens (including phenoxy) is 1. The Labute approximate surface area is 101 Å². The topological polar surface area (TPSA) is 50.1 Å². The summed E-state index contributed by atoms with van der Waals surface area (Å²) >= 11 is 0. The minimum atomic E-state index is -3.01. The van der Waals surface area contributed by atoms with Crippen molar-refractivity contribution in [3.05, 3.63) is 54.6 Å². The highest BCUT2D eigenvalue weighted by Gasteiger charge is 2.17. The lowest BCUT2D eigenvalue weighted by Gasteiger charge is -2.11. The van der Waals surface area contributed by atoms with E-state index in [9.17, 15) is 4.21 Å². The maximum absolute atomic E-state index is 12.6. The van der Waals surface area contributed by atoms with Crippen molar-refractivity contribution in [2.45, 2.75) is 9.79 Å². The zero-order chi connectivity index (χ0) is 12.3. The van der Waals surface area contributed by atoms with Crippen molar-refractivity contribution in [1.29, 1.82) is 4.78 Å². The van der Waals surface area contributed by atoms with Gasteiger partial charge in [-0.2, -0.15) is 0 Å². The maximum atomic E-state index is 12.6. The van der Waals surface area contributed by atoms with Gasteiger partial charge in [-0.1, -0.05) is 30.3 Å². The van der Waals surface area contributed by atoms with Gasteiger partial charge in [-0.3, -0.25) is 0 Å². The van der Waals surface area contributed by atoms with Crippen LogP contribution >= 0.6 is 0 Å². The molecule has 0 amide bonds. The highest BCUT2D eigenvalue weighted by molar-refractivity contribution is 7.92. The predicted octanol–water partition coefficient (Wildman–Crippen LogP) is 3.16. The molecule has 0 aliphatic rings. The Morgan fingerprint density at radius 1 is 1.00 bits per heavy atom. The van der Waals surface area contributed by atoms with Gasteiger partial charge in [-0.05, 0) is 24.3 Å². The number of hydrogen-bond donors (Lipinski definition) is 1. The molecular weight excluding hydrogens is 234 g/mol. The van der Waals surface area contributed by atoms with Crippen LogP contribution in [-0.4, -0.2) is 11.3 Å². The smallest absolute Gasteiger partial charge is 0.136 e. The van der Waals surface area contributed by atoms with Gasteiger partial charge in [-0.25, -0.2) is 8.99 Å². The summed E-state index contributed by atoms with van der Waals surface area (Å²) in [5, 5.41) is 0. The third-order valence-electron chi connectivity index (χ3n) is 2.45.